The molecule has 1 aliphatic carbocycles. The Morgan fingerprint density at radius 2 is 2.31 bits per heavy atom. The lowest BCUT2D eigenvalue weighted by atomic mass is 10.3. The van der Waals surface area contributed by atoms with Gasteiger partial charge in [0.1, 0.15) is 0 Å². The molecule has 1 aromatic heterocycles. The Hall–Kier alpha value is -0.380. The van der Waals surface area contributed by atoms with Gasteiger partial charge in [0.25, 0.3) is 0 Å². The minimum absolute atomic E-state index is 0.907. The van der Waals surface area contributed by atoms with Crippen molar-refractivity contribution in [2.45, 2.75) is 32.2 Å². The van der Waals surface area contributed by atoms with Gasteiger partial charge >= 0.3 is 0 Å². The van der Waals surface area contributed by atoms with Crippen molar-refractivity contribution in [3.05, 3.63) is 22.4 Å². The molecule has 0 radical (unpaired) electrons. The Labute approximate surface area is 103 Å². The molecule has 0 amide bonds. The zero-order valence-electron chi connectivity index (χ0n) is 10.1. The maximum Gasteiger partial charge on any atom is 0.0110 e. The topological polar surface area (TPSA) is 15.3 Å². The first-order valence-electron chi connectivity index (χ1n) is 6.37. The first kappa shape index (κ1) is 12.1. The van der Waals surface area contributed by atoms with Gasteiger partial charge in [-0.15, -0.1) is 11.3 Å². The molecule has 90 valence electrons. The summed E-state index contributed by atoms with van der Waals surface area (Å²) in [4.78, 5) is 4.08. The fraction of sp³-hybridized carbons (Fsp3) is 0.692. The molecule has 3 heteroatoms. The molecule has 2 rings (SSSR count). The normalized spacial score (nSPS) is 15.9. The molecule has 0 atom stereocenters. The zero-order valence-corrected chi connectivity index (χ0v) is 10.9. The molecule has 16 heavy (non-hydrogen) atoms. The minimum atomic E-state index is 0.907. The summed E-state index contributed by atoms with van der Waals surface area (Å²) in [5.74, 6) is 0. The highest BCUT2D eigenvalue weighted by atomic mass is 32.1. The quantitative estimate of drug-likeness (QED) is 0.700. The number of thiophene rings is 1. The van der Waals surface area contributed by atoms with E-state index in [1.165, 1.54) is 37.2 Å². The summed E-state index contributed by atoms with van der Waals surface area (Å²) < 4.78 is 0. The van der Waals surface area contributed by atoms with Crippen LogP contribution in [0.15, 0.2) is 17.5 Å². The van der Waals surface area contributed by atoms with Gasteiger partial charge in [-0.25, -0.2) is 0 Å². The Kier molecular flexibility index (Phi) is 4.82. The van der Waals surface area contributed by atoms with Crippen LogP contribution in [-0.4, -0.2) is 37.1 Å². The monoisotopic (exact) mass is 238 g/mol. The van der Waals surface area contributed by atoms with Crippen LogP contribution in [0.1, 0.15) is 24.6 Å². The molecular weight excluding hydrogens is 216 g/mol. The summed E-state index contributed by atoms with van der Waals surface area (Å²) in [5, 5.41) is 5.69. The summed E-state index contributed by atoms with van der Waals surface area (Å²) in [6.45, 7) is 6.94. The van der Waals surface area contributed by atoms with Crippen LogP contribution in [0.4, 0.5) is 0 Å². The Morgan fingerprint density at radius 3 is 2.94 bits per heavy atom. The maximum absolute atomic E-state index is 3.54. The van der Waals surface area contributed by atoms with Crippen LogP contribution in [0, 0.1) is 0 Å². The Balaban J connectivity index is 1.51. The maximum atomic E-state index is 3.54. The van der Waals surface area contributed by atoms with Crippen LogP contribution >= 0.6 is 11.3 Å². The lowest BCUT2D eigenvalue weighted by Crippen LogP contribution is -2.34. The molecule has 1 N–H and O–H groups in total. The van der Waals surface area contributed by atoms with E-state index >= 15 is 0 Å². The van der Waals surface area contributed by atoms with E-state index in [0.29, 0.717) is 0 Å². The van der Waals surface area contributed by atoms with E-state index < -0.39 is 0 Å². The highest BCUT2D eigenvalue weighted by Gasteiger charge is 2.26. The second-order valence-electron chi connectivity index (χ2n) is 4.44. The van der Waals surface area contributed by atoms with Gasteiger partial charge in [-0.05, 0) is 37.3 Å². The molecule has 0 bridgehead atoms. The molecular formula is C13H22N2S. The summed E-state index contributed by atoms with van der Waals surface area (Å²) in [7, 11) is 0. The van der Waals surface area contributed by atoms with Gasteiger partial charge in [0.05, 0.1) is 0 Å². The van der Waals surface area contributed by atoms with Gasteiger partial charge in [0.2, 0.25) is 0 Å². The first-order valence-corrected chi connectivity index (χ1v) is 7.25. The molecule has 0 saturated heterocycles. The second-order valence-corrected chi connectivity index (χ2v) is 5.47. The predicted molar refractivity (Wildman–Crippen MR) is 71.2 cm³/mol. The number of hydrogen-bond acceptors (Lipinski definition) is 3. The second kappa shape index (κ2) is 6.38. The Bertz CT molecular complexity index is 280. The third-order valence-electron chi connectivity index (χ3n) is 3.17. The third-order valence-corrected chi connectivity index (χ3v) is 4.11. The summed E-state index contributed by atoms with van der Waals surface area (Å²) in [5.41, 5.74) is 0. The van der Waals surface area contributed by atoms with Crippen molar-refractivity contribution in [1.29, 1.82) is 0 Å². The largest absolute Gasteiger partial charge is 0.315 e. The summed E-state index contributed by atoms with van der Waals surface area (Å²) >= 11 is 1.86. The molecule has 1 fully saturated rings. The number of nitrogens with zero attached hydrogens (tertiary/aromatic N) is 1. The van der Waals surface area contributed by atoms with E-state index in [4.69, 9.17) is 0 Å². The van der Waals surface area contributed by atoms with Gasteiger partial charge in [-0.3, -0.25) is 4.90 Å². The van der Waals surface area contributed by atoms with Crippen molar-refractivity contribution in [2.75, 3.05) is 26.2 Å². The number of nitrogens with one attached hydrogen (secondary N) is 1. The van der Waals surface area contributed by atoms with Crippen molar-refractivity contribution < 1.29 is 0 Å². The van der Waals surface area contributed by atoms with E-state index in [2.05, 4.69) is 34.7 Å². The standard InChI is InChI=1S/C13H22N2S/c1-2-15(12-5-6-12)10-9-14-8-7-13-4-3-11-16-13/h3-4,11-12,14H,2,5-10H2,1H3. The molecule has 1 saturated carbocycles. The van der Waals surface area contributed by atoms with Gasteiger partial charge in [0.15, 0.2) is 0 Å². The van der Waals surface area contributed by atoms with Crippen molar-refractivity contribution in [3.63, 3.8) is 0 Å². The fourth-order valence-corrected chi connectivity index (χ4v) is 2.76. The molecule has 0 aliphatic heterocycles. The molecule has 1 aliphatic rings. The van der Waals surface area contributed by atoms with Crippen LogP contribution in [0.25, 0.3) is 0 Å². The first-order chi connectivity index (χ1) is 7.90. The van der Waals surface area contributed by atoms with Crippen LogP contribution in [0.3, 0.4) is 0 Å². The summed E-state index contributed by atoms with van der Waals surface area (Å²) in [6, 6.07) is 5.25. The third kappa shape index (κ3) is 3.89. The van der Waals surface area contributed by atoms with E-state index in [9.17, 15) is 0 Å². The van der Waals surface area contributed by atoms with Crippen LogP contribution in [0.5, 0.6) is 0 Å². The lowest BCUT2D eigenvalue weighted by Gasteiger charge is -2.19. The molecule has 1 heterocycles. The highest BCUT2D eigenvalue weighted by molar-refractivity contribution is 7.09. The van der Waals surface area contributed by atoms with Crippen LogP contribution in [0.2, 0.25) is 0 Å². The molecule has 0 aromatic carbocycles. The fourth-order valence-electron chi connectivity index (χ4n) is 2.05. The van der Waals surface area contributed by atoms with Crippen LogP contribution in [-0.2, 0) is 6.42 Å². The minimum Gasteiger partial charge on any atom is -0.315 e. The van der Waals surface area contributed by atoms with Gasteiger partial charge in [0, 0.05) is 30.6 Å². The SMILES string of the molecule is CCN(CCNCCc1cccs1)C1CC1. The molecule has 0 unspecified atom stereocenters. The predicted octanol–water partition coefficient (Wildman–Crippen LogP) is 2.36. The van der Waals surface area contributed by atoms with Gasteiger partial charge in [-0.1, -0.05) is 13.0 Å². The number of rotatable bonds is 8. The average Bonchev–Trinajstić information content (AvgIpc) is 3.01. The molecule has 1 aromatic rings. The van der Waals surface area contributed by atoms with Gasteiger partial charge < -0.3 is 5.32 Å². The van der Waals surface area contributed by atoms with Crippen molar-refractivity contribution in [3.8, 4) is 0 Å². The van der Waals surface area contributed by atoms with E-state index in [1.54, 1.807) is 0 Å². The zero-order chi connectivity index (χ0) is 11.2. The smallest absolute Gasteiger partial charge is 0.0110 e. The van der Waals surface area contributed by atoms with E-state index in [1.807, 2.05) is 11.3 Å². The Morgan fingerprint density at radius 1 is 1.44 bits per heavy atom. The highest BCUT2D eigenvalue weighted by Crippen LogP contribution is 2.25. The van der Waals surface area contributed by atoms with Crippen LogP contribution < -0.4 is 5.32 Å². The van der Waals surface area contributed by atoms with E-state index in [0.717, 1.165) is 19.1 Å². The summed E-state index contributed by atoms with van der Waals surface area (Å²) in [6.07, 6.45) is 4.01. The number of hydrogen-bond donors (Lipinski definition) is 1. The molecule has 0 spiro atoms. The van der Waals surface area contributed by atoms with E-state index in [-0.39, 0.29) is 0 Å². The van der Waals surface area contributed by atoms with Crippen molar-refractivity contribution >= 4 is 11.3 Å². The van der Waals surface area contributed by atoms with Crippen molar-refractivity contribution in [1.82, 2.24) is 10.2 Å². The van der Waals surface area contributed by atoms with Crippen molar-refractivity contribution in [2.24, 2.45) is 0 Å². The molecule has 2 nitrogen and oxygen atoms in total. The average molecular weight is 238 g/mol. The lowest BCUT2D eigenvalue weighted by molar-refractivity contribution is 0.277. The number of likely N-dealkylation sites (N-methyl/N-ethyl adjacent to an activating group) is 1. The van der Waals surface area contributed by atoms with Gasteiger partial charge in [-0.2, -0.15) is 0 Å².